The third-order valence-corrected chi connectivity index (χ3v) is 18.7. The average molecular weight is 1140 g/mol. The smallest absolute Gasteiger partial charge is 0.136 e. The van der Waals surface area contributed by atoms with Crippen LogP contribution in [0, 0.1) is 0 Å². The fourth-order valence-electron chi connectivity index (χ4n) is 14.6. The molecule has 2 heterocycles. The lowest BCUT2D eigenvalue weighted by atomic mass is 9.85. The molecule has 2 aromatic heterocycles. The molecule has 90 heavy (non-hydrogen) atoms. The van der Waals surface area contributed by atoms with E-state index in [0.717, 1.165) is 33.1 Å². The predicted octanol–water partition coefficient (Wildman–Crippen LogP) is 25.2. The maximum Gasteiger partial charge on any atom is 0.136 e. The van der Waals surface area contributed by atoms with Crippen molar-refractivity contribution >= 4 is 119 Å². The molecule has 0 atom stereocenters. The van der Waals surface area contributed by atoms with Gasteiger partial charge in [-0.3, -0.25) is 0 Å². The van der Waals surface area contributed by atoms with E-state index in [1.807, 2.05) is 0 Å². The number of furan rings is 2. The summed E-state index contributed by atoms with van der Waals surface area (Å²) in [6.45, 7) is 0. The van der Waals surface area contributed by atoms with Gasteiger partial charge in [-0.1, -0.05) is 273 Å². The van der Waals surface area contributed by atoms with Gasteiger partial charge in [0.25, 0.3) is 0 Å². The molecule has 0 spiro atoms. The van der Waals surface area contributed by atoms with Crippen LogP contribution in [0.5, 0.6) is 0 Å². The van der Waals surface area contributed by atoms with Crippen molar-refractivity contribution in [3.05, 3.63) is 328 Å². The molecule has 2 nitrogen and oxygen atoms in total. The maximum absolute atomic E-state index is 6.37. The molecular formula is C88H54O2. The van der Waals surface area contributed by atoms with Crippen molar-refractivity contribution < 1.29 is 8.83 Å². The van der Waals surface area contributed by atoms with Crippen LogP contribution in [0.25, 0.3) is 186 Å². The Morgan fingerprint density at radius 1 is 0.144 bits per heavy atom. The van der Waals surface area contributed by atoms with E-state index in [-0.39, 0.29) is 0 Å². The summed E-state index contributed by atoms with van der Waals surface area (Å²) in [5, 5.41) is 22.0. The Kier molecular flexibility index (Phi) is 12.0. The van der Waals surface area contributed by atoms with Gasteiger partial charge in [-0.25, -0.2) is 0 Å². The normalized spacial score (nSPS) is 11.8. The van der Waals surface area contributed by atoms with Crippen molar-refractivity contribution in [1.29, 1.82) is 0 Å². The second-order valence-corrected chi connectivity index (χ2v) is 23.7. The first-order valence-electron chi connectivity index (χ1n) is 30.9. The number of fused-ring (bicyclic) bond motifs is 15. The highest BCUT2D eigenvalue weighted by Gasteiger charge is 2.22. The van der Waals surface area contributed by atoms with Gasteiger partial charge in [0.05, 0.1) is 0 Å². The largest absolute Gasteiger partial charge is 0.456 e. The van der Waals surface area contributed by atoms with Crippen molar-refractivity contribution in [3.63, 3.8) is 0 Å². The van der Waals surface area contributed by atoms with E-state index in [9.17, 15) is 0 Å². The van der Waals surface area contributed by atoms with Gasteiger partial charge in [-0.15, -0.1) is 0 Å². The first-order chi connectivity index (χ1) is 44.6. The van der Waals surface area contributed by atoms with Gasteiger partial charge in [-0.2, -0.15) is 0 Å². The van der Waals surface area contributed by atoms with Crippen LogP contribution in [-0.2, 0) is 0 Å². The van der Waals surface area contributed by atoms with E-state index in [4.69, 9.17) is 8.83 Å². The van der Waals surface area contributed by atoms with Gasteiger partial charge in [-0.05, 0) is 197 Å². The Morgan fingerprint density at radius 2 is 0.433 bits per heavy atom. The zero-order valence-electron chi connectivity index (χ0n) is 49.0. The number of hydrogen-bond donors (Lipinski definition) is 0. The van der Waals surface area contributed by atoms with Crippen molar-refractivity contribution in [2.24, 2.45) is 0 Å². The topological polar surface area (TPSA) is 26.3 Å². The highest BCUT2D eigenvalue weighted by Crippen LogP contribution is 2.48. The molecule has 0 radical (unpaired) electrons. The van der Waals surface area contributed by atoms with Crippen LogP contribution in [0.1, 0.15) is 0 Å². The minimum Gasteiger partial charge on any atom is -0.456 e. The first kappa shape index (κ1) is 51.4. The first-order valence-corrected chi connectivity index (χ1v) is 30.9. The molecule has 0 bridgehead atoms. The minimum atomic E-state index is 0.913. The molecule has 0 saturated carbocycles. The summed E-state index contributed by atoms with van der Waals surface area (Å²) in [6, 6.07) is 118. The second kappa shape index (κ2) is 21.0. The van der Waals surface area contributed by atoms with Crippen molar-refractivity contribution in [1.82, 2.24) is 0 Å². The highest BCUT2D eigenvalue weighted by atomic mass is 16.3. The monoisotopic (exact) mass is 1140 g/mol. The number of benzene rings is 17. The molecule has 0 fully saturated rings. The average Bonchev–Trinajstić information content (AvgIpc) is 1.18. The van der Waals surface area contributed by atoms with Gasteiger partial charge < -0.3 is 8.83 Å². The third kappa shape index (κ3) is 8.41. The summed E-state index contributed by atoms with van der Waals surface area (Å²) in [4.78, 5) is 0. The van der Waals surface area contributed by atoms with Crippen molar-refractivity contribution in [3.8, 4) is 66.8 Å². The molecule has 418 valence electrons. The SMILES string of the molecule is c1cc(-c2ccc3ccccc3c2)cc(-c2c3ccccc3c(-c3ccc4oc5ccc6ccccc6c5c4c3)c3ccccc23)c1.c1ccc(-c2cccc(-c3c4ccccc4c(-c4ccc5oc6ccc7ccccc7c6c5c4)c4ccccc34)c2)cc1. The zero-order chi connectivity index (χ0) is 59.2. The molecule has 0 aliphatic heterocycles. The van der Waals surface area contributed by atoms with Gasteiger partial charge in [0.1, 0.15) is 22.3 Å². The Hall–Kier alpha value is -11.8. The fraction of sp³-hybridized carbons (Fsp3) is 0. The molecule has 0 amide bonds. The van der Waals surface area contributed by atoms with Crippen molar-refractivity contribution in [2.75, 3.05) is 0 Å². The van der Waals surface area contributed by atoms with Crippen LogP contribution in [0.4, 0.5) is 0 Å². The zero-order valence-corrected chi connectivity index (χ0v) is 49.0. The molecule has 2 heteroatoms. The minimum absolute atomic E-state index is 0.913. The molecule has 17 aromatic carbocycles. The fourth-order valence-corrected chi connectivity index (χ4v) is 14.6. The molecule has 0 aliphatic carbocycles. The Morgan fingerprint density at radius 3 is 0.867 bits per heavy atom. The van der Waals surface area contributed by atoms with Gasteiger partial charge >= 0.3 is 0 Å². The van der Waals surface area contributed by atoms with E-state index < -0.39 is 0 Å². The number of rotatable bonds is 6. The summed E-state index contributed by atoms with van der Waals surface area (Å²) < 4.78 is 12.7. The van der Waals surface area contributed by atoms with Crippen LogP contribution >= 0.6 is 0 Å². The summed E-state index contributed by atoms with van der Waals surface area (Å²) in [7, 11) is 0. The predicted molar refractivity (Wildman–Crippen MR) is 383 cm³/mol. The van der Waals surface area contributed by atoms with E-state index in [0.29, 0.717) is 0 Å². The lowest BCUT2D eigenvalue weighted by Gasteiger charge is -2.18. The summed E-state index contributed by atoms with van der Waals surface area (Å²) in [5.41, 5.74) is 18.4. The Labute approximate surface area is 519 Å². The molecule has 0 aliphatic rings. The third-order valence-electron chi connectivity index (χ3n) is 18.7. The van der Waals surface area contributed by atoms with Crippen LogP contribution in [0.15, 0.2) is 336 Å². The lowest BCUT2D eigenvalue weighted by molar-refractivity contribution is 0.669. The maximum atomic E-state index is 6.37. The summed E-state index contributed by atoms with van der Waals surface area (Å²) in [5.74, 6) is 0. The van der Waals surface area contributed by atoms with Crippen LogP contribution in [0.2, 0.25) is 0 Å². The van der Waals surface area contributed by atoms with Gasteiger partial charge in [0, 0.05) is 21.5 Å². The Bertz CT molecular complexity index is 5990. The standard InChI is InChI=1S/C46H28O.C42H26O/c1-2-12-31-26-33(21-20-29(31)10-1)32-13-9-14-34(27-32)44-37-16-5-7-18-39(37)45(40-19-8-6-17-38(40)44)35-23-24-42-41(28-35)46-36-15-4-3-11-30(36)22-25-43(46)47-42;1-2-11-27(12-3-1)29-14-10-15-30(25-29)40-33-17-6-8-19-35(33)41(36-20-9-7-18-34(36)40)31-22-23-38-37(26-31)42-32-16-5-4-13-28(32)21-24-39(42)43-38/h1-28H;1-26H. The second-order valence-electron chi connectivity index (χ2n) is 23.7. The van der Waals surface area contributed by atoms with Crippen molar-refractivity contribution in [2.45, 2.75) is 0 Å². The quantitative estimate of drug-likeness (QED) is 0.155. The van der Waals surface area contributed by atoms with E-state index in [1.165, 1.54) is 153 Å². The molecule has 0 N–H and O–H groups in total. The molecule has 0 unspecified atom stereocenters. The van der Waals surface area contributed by atoms with Crippen LogP contribution < -0.4 is 0 Å². The Balaban J connectivity index is 0.000000134. The van der Waals surface area contributed by atoms with Crippen LogP contribution in [-0.4, -0.2) is 0 Å². The molecule has 0 saturated heterocycles. The highest BCUT2D eigenvalue weighted by molar-refractivity contribution is 6.26. The lowest BCUT2D eigenvalue weighted by Crippen LogP contribution is -1.91. The van der Waals surface area contributed by atoms with E-state index in [2.05, 4.69) is 328 Å². The summed E-state index contributed by atoms with van der Waals surface area (Å²) in [6.07, 6.45) is 0. The van der Waals surface area contributed by atoms with E-state index in [1.54, 1.807) is 0 Å². The number of hydrogen-bond acceptors (Lipinski definition) is 2. The summed E-state index contributed by atoms with van der Waals surface area (Å²) >= 11 is 0. The molecular weight excluding hydrogens is 1090 g/mol. The molecule has 19 rings (SSSR count). The van der Waals surface area contributed by atoms with Gasteiger partial charge in [0.2, 0.25) is 0 Å². The molecule has 19 aromatic rings. The van der Waals surface area contributed by atoms with Gasteiger partial charge in [0.15, 0.2) is 0 Å². The van der Waals surface area contributed by atoms with Crippen LogP contribution in [0.3, 0.4) is 0 Å². The van der Waals surface area contributed by atoms with E-state index >= 15 is 0 Å².